The Morgan fingerprint density at radius 2 is 1.83 bits per heavy atom. The van der Waals surface area contributed by atoms with Crippen LogP contribution in [0.3, 0.4) is 0 Å². The van der Waals surface area contributed by atoms with Crippen molar-refractivity contribution in [2.24, 2.45) is 5.41 Å². The van der Waals surface area contributed by atoms with Gasteiger partial charge in [0.1, 0.15) is 0 Å². The molecule has 0 aliphatic carbocycles. The third-order valence-electron chi connectivity index (χ3n) is 2.50. The number of rotatable bonds is 0. The average molecular weight is 170 g/mol. The lowest BCUT2D eigenvalue weighted by Gasteiger charge is -2.55. The highest BCUT2D eigenvalue weighted by Gasteiger charge is 2.48. The Hall–Kier alpha value is -0.570. The number of carbonyl (C=O) groups is 1. The molecule has 1 spiro atoms. The molecule has 0 aromatic rings. The van der Waals surface area contributed by atoms with Crippen molar-refractivity contribution < 1.29 is 4.79 Å². The summed E-state index contributed by atoms with van der Waals surface area (Å²) in [6, 6.07) is 0. The molecule has 1 amide bonds. The topological polar surface area (TPSA) is 32.3 Å². The summed E-state index contributed by atoms with van der Waals surface area (Å²) in [6.07, 6.45) is 0. The molecule has 2 saturated heterocycles. The van der Waals surface area contributed by atoms with Crippen LogP contribution in [-0.2, 0) is 4.79 Å². The van der Waals surface area contributed by atoms with E-state index in [1.165, 1.54) is 0 Å². The number of amides is 1. The molecule has 2 aliphatic rings. The largest absolute Gasteiger partial charge is 0.341 e. The Morgan fingerprint density at radius 3 is 2.08 bits per heavy atom. The molecule has 2 fully saturated rings. The summed E-state index contributed by atoms with van der Waals surface area (Å²) >= 11 is 0. The van der Waals surface area contributed by atoms with Crippen LogP contribution in [0.15, 0.2) is 0 Å². The molecular weight excluding hydrogens is 152 g/mol. The van der Waals surface area contributed by atoms with Gasteiger partial charge in [0.15, 0.2) is 0 Å². The number of hydrogen-bond acceptors (Lipinski definition) is 2. The molecule has 70 valence electrons. The van der Waals surface area contributed by atoms with Crippen LogP contribution in [0, 0.1) is 5.41 Å². The third kappa shape index (κ3) is 1.46. The molecule has 0 radical (unpaired) electrons. The SMILES string of the molecule is CC.CC(=O)N1CC2(CNC2)C1. The van der Waals surface area contributed by atoms with Crippen LogP contribution in [0.2, 0.25) is 0 Å². The summed E-state index contributed by atoms with van der Waals surface area (Å²) in [5, 5.41) is 3.23. The highest BCUT2D eigenvalue weighted by Crippen LogP contribution is 2.33. The van der Waals surface area contributed by atoms with Gasteiger partial charge in [0, 0.05) is 38.5 Å². The molecule has 0 aromatic carbocycles. The van der Waals surface area contributed by atoms with Crippen LogP contribution >= 0.6 is 0 Å². The number of nitrogens with zero attached hydrogens (tertiary/aromatic N) is 1. The summed E-state index contributed by atoms with van der Waals surface area (Å²) in [7, 11) is 0. The van der Waals surface area contributed by atoms with E-state index in [1.807, 2.05) is 18.7 Å². The lowest BCUT2D eigenvalue weighted by Crippen LogP contribution is -2.71. The monoisotopic (exact) mass is 170 g/mol. The van der Waals surface area contributed by atoms with Gasteiger partial charge < -0.3 is 10.2 Å². The van der Waals surface area contributed by atoms with Gasteiger partial charge in [-0.25, -0.2) is 0 Å². The van der Waals surface area contributed by atoms with E-state index in [-0.39, 0.29) is 5.91 Å². The molecule has 0 unspecified atom stereocenters. The molecule has 0 saturated carbocycles. The van der Waals surface area contributed by atoms with Gasteiger partial charge in [0.25, 0.3) is 0 Å². The highest BCUT2D eigenvalue weighted by atomic mass is 16.2. The zero-order chi connectivity index (χ0) is 9.19. The number of nitrogens with one attached hydrogen (secondary N) is 1. The summed E-state index contributed by atoms with van der Waals surface area (Å²) in [5.41, 5.74) is 0.492. The Morgan fingerprint density at radius 1 is 1.33 bits per heavy atom. The first kappa shape index (κ1) is 9.52. The van der Waals surface area contributed by atoms with E-state index in [9.17, 15) is 4.79 Å². The maximum Gasteiger partial charge on any atom is 0.219 e. The molecule has 0 aromatic heterocycles. The van der Waals surface area contributed by atoms with Crippen LogP contribution in [0.25, 0.3) is 0 Å². The quantitative estimate of drug-likeness (QED) is 0.573. The summed E-state index contributed by atoms with van der Waals surface area (Å²) < 4.78 is 0. The smallest absolute Gasteiger partial charge is 0.219 e. The van der Waals surface area contributed by atoms with Crippen LogP contribution in [0.5, 0.6) is 0 Å². The normalized spacial score (nSPS) is 23.4. The Labute approximate surface area is 74.1 Å². The van der Waals surface area contributed by atoms with Gasteiger partial charge in [0.2, 0.25) is 5.91 Å². The highest BCUT2D eigenvalue weighted by molar-refractivity contribution is 5.74. The van der Waals surface area contributed by atoms with E-state index in [4.69, 9.17) is 0 Å². The van der Waals surface area contributed by atoms with Crippen molar-refractivity contribution in [3.05, 3.63) is 0 Å². The van der Waals surface area contributed by atoms with Crippen molar-refractivity contribution in [1.82, 2.24) is 10.2 Å². The van der Waals surface area contributed by atoms with Crippen LogP contribution < -0.4 is 5.32 Å². The van der Waals surface area contributed by atoms with Gasteiger partial charge in [-0.3, -0.25) is 4.79 Å². The van der Waals surface area contributed by atoms with Crippen molar-refractivity contribution in [2.45, 2.75) is 20.8 Å². The van der Waals surface area contributed by atoms with Crippen LogP contribution in [-0.4, -0.2) is 37.0 Å². The third-order valence-corrected chi connectivity index (χ3v) is 2.50. The molecule has 2 rings (SSSR count). The standard InChI is InChI=1S/C7H12N2O.C2H6/c1-6(10)9-4-7(5-9)2-8-3-7;1-2/h8H,2-5H2,1H3;1-2H3. The Kier molecular flexibility index (Phi) is 2.73. The zero-order valence-corrected chi connectivity index (χ0v) is 8.18. The molecule has 0 bridgehead atoms. The van der Waals surface area contributed by atoms with Gasteiger partial charge >= 0.3 is 0 Å². The second kappa shape index (κ2) is 3.44. The maximum absolute atomic E-state index is 10.8. The van der Waals surface area contributed by atoms with Crippen molar-refractivity contribution in [3.8, 4) is 0 Å². The van der Waals surface area contributed by atoms with E-state index in [1.54, 1.807) is 6.92 Å². The molecule has 3 nitrogen and oxygen atoms in total. The number of likely N-dealkylation sites (tertiary alicyclic amines) is 1. The predicted octanol–water partition coefficient (Wildman–Crippen LogP) is 0.464. The number of carbonyl (C=O) groups excluding carboxylic acids is 1. The zero-order valence-electron chi connectivity index (χ0n) is 8.18. The predicted molar refractivity (Wildman–Crippen MR) is 48.9 cm³/mol. The van der Waals surface area contributed by atoms with Crippen molar-refractivity contribution in [3.63, 3.8) is 0 Å². The average Bonchev–Trinajstić information content (AvgIpc) is 1.85. The first-order valence-electron chi connectivity index (χ1n) is 4.68. The molecule has 12 heavy (non-hydrogen) atoms. The van der Waals surface area contributed by atoms with E-state index < -0.39 is 0 Å². The van der Waals surface area contributed by atoms with E-state index >= 15 is 0 Å². The van der Waals surface area contributed by atoms with E-state index in [2.05, 4.69) is 5.32 Å². The minimum atomic E-state index is 0.220. The number of hydrogen-bond donors (Lipinski definition) is 1. The molecule has 2 heterocycles. The van der Waals surface area contributed by atoms with Crippen molar-refractivity contribution >= 4 is 5.91 Å². The lowest BCUT2D eigenvalue weighted by molar-refractivity contribution is -0.144. The fourth-order valence-electron chi connectivity index (χ4n) is 1.69. The molecule has 3 heteroatoms. The first-order chi connectivity index (χ1) is 5.72. The maximum atomic E-state index is 10.8. The molecule has 1 N–H and O–H groups in total. The van der Waals surface area contributed by atoms with E-state index in [0.29, 0.717) is 5.41 Å². The lowest BCUT2D eigenvalue weighted by atomic mass is 9.74. The Balaban J connectivity index is 0.000000336. The second-order valence-corrected chi connectivity index (χ2v) is 3.48. The molecular formula is C9H18N2O. The molecule has 0 atom stereocenters. The van der Waals surface area contributed by atoms with Crippen LogP contribution in [0.4, 0.5) is 0 Å². The van der Waals surface area contributed by atoms with Gasteiger partial charge in [0.05, 0.1) is 0 Å². The minimum absolute atomic E-state index is 0.220. The van der Waals surface area contributed by atoms with Gasteiger partial charge in [-0.1, -0.05) is 13.8 Å². The summed E-state index contributed by atoms with van der Waals surface area (Å²) in [4.78, 5) is 12.7. The van der Waals surface area contributed by atoms with Crippen LogP contribution in [0.1, 0.15) is 20.8 Å². The summed E-state index contributed by atoms with van der Waals surface area (Å²) in [5.74, 6) is 0.220. The van der Waals surface area contributed by atoms with Crippen molar-refractivity contribution in [1.29, 1.82) is 0 Å². The van der Waals surface area contributed by atoms with Gasteiger partial charge in [-0.2, -0.15) is 0 Å². The Bertz CT molecular complexity index is 167. The first-order valence-corrected chi connectivity index (χ1v) is 4.68. The minimum Gasteiger partial charge on any atom is -0.341 e. The van der Waals surface area contributed by atoms with Gasteiger partial charge in [-0.05, 0) is 0 Å². The fourth-order valence-corrected chi connectivity index (χ4v) is 1.69. The summed E-state index contributed by atoms with van der Waals surface area (Å²) in [6.45, 7) is 9.82. The van der Waals surface area contributed by atoms with Crippen molar-refractivity contribution in [2.75, 3.05) is 26.2 Å². The van der Waals surface area contributed by atoms with E-state index in [0.717, 1.165) is 26.2 Å². The fraction of sp³-hybridized carbons (Fsp3) is 0.889. The second-order valence-electron chi connectivity index (χ2n) is 3.48. The molecule has 2 aliphatic heterocycles. The van der Waals surface area contributed by atoms with Gasteiger partial charge in [-0.15, -0.1) is 0 Å².